The maximum absolute atomic E-state index is 12.8. The molecular weight excluding hydrogens is 692 g/mol. The normalized spacial score (nSPS) is 51.0. The van der Waals surface area contributed by atoms with Gasteiger partial charge in [0.15, 0.2) is 12.6 Å². The molecule has 3 saturated carbocycles. The van der Waals surface area contributed by atoms with Gasteiger partial charge in [-0.05, 0) is 84.5 Å². The van der Waals surface area contributed by atoms with E-state index in [-0.39, 0.29) is 49.2 Å². The van der Waals surface area contributed by atoms with Crippen LogP contribution in [0.3, 0.4) is 0 Å². The second kappa shape index (κ2) is 15.8. The SMILES string of the molecule is CO[C@H]1[C@H](O[C@@H]2C=C3[C@H](O)C[C@@]4(O)[C@@H]5[C@@H](O)[C@H](O)[C@H]([C@H](C)CC[C@H](CO[C@@H]6O[C@@H](CO)[C@H](O)[C@H]6O)C(C)C)[C@@]5(C)CC[C@@H]4[C@@]3(C)CC2)OC[C@@H](O)[C@@H]1O. The maximum atomic E-state index is 12.8. The van der Waals surface area contributed by atoms with Gasteiger partial charge in [-0.15, -0.1) is 0 Å². The third kappa shape index (κ3) is 7.19. The topological polar surface area (TPSA) is 228 Å². The number of aliphatic hydroxyl groups is 9. The molecule has 0 unspecified atom stereocenters. The van der Waals surface area contributed by atoms with E-state index in [1.807, 2.05) is 6.08 Å². The van der Waals surface area contributed by atoms with Crippen molar-refractivity contribution in [1.82, 2.24) is 0 Å². The first-order chi connectivity index (χ1) is 24.9. The summed E-state index contributed by atoms with van der Waals surface area (Å²) in [7, 11) is 1.42. The molecule has 0 aromatic heterocycles. The number of aliphatic hydroxyl groups excluding tert-OH is 8. The minimum Gasteiger partial charge on any atom is -0.394 e. The molecule has 306 valence electrons. The molecule has 2 aliphatic heterocycles. The molecule has 2 saturated heterocycles. The molecule has 53 heavy (non-hydrogen) atoms. The molecule has 0 aromatic rings. The van der Waals surface area contributed by atoms with E-state index in [1.165, 1.54) is 7.11 Å². The number of ether oxygens (including phenoxy) is 5. The summed E-state index contributed by atoms with van der Waals surface area (Å²) in [5.74, 6) is -0.944. The van der Waals surface area contributed by atoms with Crippen LogP contribution < -0.4 is 0 Å². The molecule has 14 nitrogen and oxygen atoms in total. The van der Waals surface area contributed by atoms with Gasteiger partial charge >= 0.3 is 0 Å². The van der Waals surface area contributed by atoms with Crippen molar-refractivity contribution in [3.8, 4) is 0 Å². The maximum Gasteiger partial charge on any atom is 0.187 e. The Hall–Kier alpha value is -0.820. The van der Waals surface area contributed by atoms with Gasteiger partial charge in [0.05, 0.1) is 49.8 Å². The lowest BCUT2D eigenvalue weighted by Gasteiger charge is -2.64. The standard InChI is InChI=1S/C39H66O14/c1-18(2)20(16-50-35-32(47)29(44)25(15-40)53-35)8-7-19(3)27-30(45)31(46)34-38(27,5)12-10-26-37(4)11-9-21(13-22(37)23(41)14-39(26,34)48)52-36-33(49-6)28(43)24(42)17-51-36/h13,18-21,23-36,40-48H,7-12,14-17H2,1-6H3/t19-,20-,21+,23-,24-,25+,26-,27+,28+,29+,30-,31+,32-,33-,34-,35-,36+,37+,38-,39+/m1/s1. The minimum atomic E-state index is -1.43. The summed E-state index contributed by atoms with van der Waals surface area (Å²) in [6, 6.07) is 0. The van der Waals surface area contributed by atoms with Crippen molar-refractivity contribution >= 4 is 0 Å². The zero-order valence-corrected chi connectivity index (χ0v) is 32.1. The van der Waals surface area contributed by atoms with E-state index in [2.05, 4.69) is 34.6 Å². The molecule has 2 heterocycles. The highest BCUT2D eigenvalue weighted by atomic mass is 16.7. The summed E-state index contributed by atoms with van der Waals surface area (Å²) in [5.41, 5.74) is -1.82. The molecule has 0 aromatic carbocycles. The molecule has 4 aliphatic carbocycles. The van der Waals surface area contributed by atoms with Crippen LogP contribution in [-0.2, 0) is 23.7 Å². The number of fused-ring (bicyclic) bond motifs is 5. The quantitative estimate of drug-likeness (QED) is 0.121. The lowest BCUT2D eigenvalue weighted by molar-refractivity contribution is -0.285. The van der Waals surface area contributed by atoms with Gasteiger partial charge in [0.1, 0.15) is 36.6 Å². The van der Waals surface area contributed by atoms with Gasteiger partial charge in [0.25, 0.3) is 0 Å². The van der Waals surface area contributed by atoms with Crippen LogP contribution in [0.1, 0.15) is 79.6 Å². The van der Waals surface area contributed by atoms with Crippen molar-refractivity contribution in [2.45, 2.75) is 159 Å². The Morgan fingerprint density at radius 2 is 1.60 bits per heavy atom. The van der Waals surface area contributed by atoms with Crippen molar-refractivity contribution in [2.24, 2.45) is 46.3 Å². The van der Waals surface area contributed by atoms with E-state index in [0.29, 0.717) is 25.7 Å². The average Bonchev–Trinajstić information content (AvgIpc) is 3.49. The second-order valence-corrected chi connectivity index (χ2v) is 18.1. The largest absolute Gasteiger partial charge is 0.394 e. The smallest absolute Gasteiger partial charge is 0.187 e. The predicted molar refractivity (Wildman–Crippen MR) is 189 cm³/mol. The Balaban J connectivity index is 1.14. The zero-order chi connectivity index (χ0) is 38.8. The summed E-state index contributed by atoms with van der Waals surface area (Å²) in [6.45, 7) is 10.2. The molecule has 5 fully saturated rings. The molecule has 6 rings (SSSR count). The monoisotopic (exact) mass is 758 g/mol. The third-order valence-corrected chi connectivity index (χ3v) is 14.8. The molecule has 6 aliphatic rings. The number of hydrogen-bond acceptors (Lipinski definition) is 14. The molecular formula is C39H66O14. The van der Waals surface area contributed by atoms with Crippen LogP contribution in [0.2, 0.25) is 0 Å². The number of methoxy groups -OCH3 is 1. The summed E-state index contributed by atoms with van der Waals surface area (Å²) in [6.07, 6.45) is -6.21. The highest BCUT2D eigenvalue weighted by molar-refractivity contribution is 5.33. The van der Waals surface area contributed by atoms with Crippen LogP contribution in [0.15, 0.2) is 11.6 Å². The first-order valence-corrected chi connectivity index (χ1v) is 19.8. The highest BCUT2D eigenvalue weighted by Gasteiger charge is 2.72. The molecule has 20 atom stereocenters. The van der Waals surface area contributed by atoms with Gasteiger partial charge < -0.3 is 69.6 Å². The number of hydrogen-bond donors (Lipinski definition) is 9. The number of rotatable bonds is 12. The molecule has 0 amide bonds. The van der Waals surface area contributed by atoms with E-state index in [9.17, 15) is 46.0 Å². The fraction of sp³-hybridized carbons (Fsp3) is 0.949. The lowest BCUT2D eigenvalue weighted by Crippen LogP contribution is -2.66. The van der Waals surface area contributed by atoms with Gasteiger partial charge in [-0.3, -0.25) is 0 Å². The van der Waals surface area contributed by atoms with Gasteiger partial charge in [-0.1, -0.05) is 40.7 Å². The molecule has 9 N–H and O–H groups in total. The Bertz CT molecular complexity index is 1280. The summed E-state index contributed by atoms with van der Waals surface area (Å²) >= 11 is 0. The van der Waals surface area contributed by atoms with Crippen LogP contribution in [0.4, 0.5) is 0 Å². The molecule has 0 radical (unpaired) electrons. The minimum absolute atomic E-state index is 0.0188. The Kier molecular flexibility index (Phi) is 12.5. The average molecular weight is 759 g/mol. The summed E-state index contributed by atoms with van der Waals surface area (Å²) < 4.78 is 28.7. The summed E-state index contributed by atoms with van der Waals surface area (Å²) in [4.78, 5) is 0. The zero-order valence-electron chi connectivity index (χ0n) is 32.1. The Labute approximate surface area is 313 Å². The fourth-order valence-corrected chi connectivity index (χ4v) is 11.9. The summed E-state index contributed by atoms with van der Waals surface area (Å²) in [5, 5.41) is 98.5. The van der Waals surface area contributed by atoms with Crippen LogP contribution >= 0.6 is 0 Å². The van der Waals surface area contributed by atoms with Gasteiger partial charge in [-0.2, -0.15) is 0 Å². The van der Waals surface area contributed by atoms with Gasteiger partial charge in [-0.25, -0.2) is 0 Å². The van der Waals surface area contributed by atoms with E-state index in [0.717, 1.165) is 18.4 Å². The van der Waals surface area contributed by atoms with Crippen molar-refractivity contribution < 1.29 is 69.6 Å². The van der Waals surface area contributed by atoms with E-state index < -0.39 is 103 Å². The van der Waals surface area contributed by atoms with Crippen LogP contribution in [0.5, 0.6) is 0 Å². The van der Waals surface area contributed by atoms with E-state index in [1.54, 1.807) is 0 Å². The van der Waals surface area contributed by atoms with Crippen LogP contribution in [-0.4, -0.2) is 152 Å². The highest BCUT2D eigenvalue weighted by Crippen LogP contribution is 2.69. The first kappa shape index (κ1) is 41.8. The van der Waals surface area contributed by atoms with Gasteiger partial charge in [0.2, 0.25) is 0 Å². The molecule has 0 spiro atoms. The first-order valence-electron chi connectivity index (χ1n) is 19.8. The van der Waals surface area contributed by atoms with Crippen LogP contribution in [0.25, 0.3) is 0 Å². The van der Waals surface area contributed by atoms with Crippen molar-refractivity contribution in [3.63, 3.8) is 0 Å². The van der Waals surface area contributed by atoms with E-state index >= 15 is 0 Å². The Morgan fingerprint density at radius 1 is 0.887 bits per heavy atom. The predicted octanol–water partition coefficient (Wildman–Crippen LogP) is 0.215. The van der Waals surface area contributed by atoms with Crippen molar-refractivity contribution in [3.05, 3.63) is 11.6 Å². The van der Waals surface area contributed by atoms with E-state index in [4.69, 9.17) is 23.7 Å². The third-order valence-electron chi connectivity index (χ3n) is 14.8. The van der Waals surface area contributed by atoms with Crippen molar-refractivity contribution in [1.29, 1.82) is 0 Å². The molecule has 0 bridgehead atoms. The second-order valence-electron chi connectivity index (χ2n) is 18.1. The molecule has 14 heteroatoms. The van der Waals surface area contributed by atoms with Gasteiger partial charge in [0, 0.05) is 19.4 Å². The fourth-order valence-electron chi connectivity index (χ4n) is 11.9. The Morgan fingerprint density at radius 3 is 2.25 bits per heavy atom. The van der Waals surface area contributed by atoms with Crippen molar-refractivity contribution in [2.75, 3.05) is 26.9 Å². The lowest BCUT2D eigenvalue weighted by atomic mass is 9.43. The van der Waals surface area contributed by atoms with Crippen LogP contribution in [0, 0.1) is 46.3 Å².